The number of nitrogens with zero attached hydrogens (tertiary/aromatic N) is 1. The highest BCUT2D eigenvalue weighted by atomic mass is 19.1. The molecule has 1 aliphatic heterocycles. The normalized spacial score (nSPS) is 15.9. The van der Waals surface area contributed by atoms with Gasteiger partial charge in [-0.3, -0.25) is 9.59 Å². The molecule has 1 saturated heterocycles. The second-order valence-corrected chi connectivity index (χ2v) is 8.44. The molecule has 0 spiro atoms. The van der Waals surface area contributed by atoms with E-state index in [1.807, 2.05) is 48.5 Å². The van der Waals surface area contributed by atoms with E-state index in [0.717, 1.165) is 12.8 Å². The summed E-state index contributed by atoms with van der Waals surface area (Å²) < 4.78 is 24.9. The fourth-order valence-corrected chi connectivity index (χ4v) is 4.08. The summed E-state index contributed by atoms with van der Waals surface area (Å²) in [6.45, 7) is 0.938. The van der Waals surface area contributed by atoms with Gasteiger partial charge in [0.1, 0.15) is 17.6 Å². The fraction of sp³-hybridized carbons (Fsp3) is 0.286. The molecule has 2 atom stereocenters. The minimum absolute atomic E-state index is 0.0296. The second-order valence-electron chi connectivity index (χ2n) is 8.44. The van der Waals surface area contributed by atoms with Gasteiger partial charge in [0, 0.05) is 19.7 Å². The third-order valence-corrected chi connectivity index (χ3v) is 5.90. The maximum absolute atomic E-state index is 13.5. The van der Waals surface area contributed by atoms with Crippen molar-refractivity contribution in [2.45, 2.75) is 31.5 Å². The van der Waals surface area contributed by atoms with Crippen molar-refractivity contribution in [3.05, 3.63) is 102 Å². The van der Waals surface area contributed by atoms with Gasteiger partial charge in [-0.2, -0.15) is 0 Å². The van der Waals surface area contributed by atoms with Crippen molar-refractivity contribution in [3.8, 4) is 5.75 Å². The number of carbonyl (C=O) groups is 2. The number of carbonyl (C=O) groups excluding carboxylic acids is 2. The van der Waals surface area contributed by atoms with E-state index in [1.54, 1.807) is 24.3 Å². The van der Waals surface area contributed by atoms with Crippen LogP contribution in [-0.4, -0.2) is 42.6 Å². The van der Waals surface area contributed by atoms with Gasteiger partial charge in [0.25, 0.3) is 5.91 Å². The van der Waals surface area contributed by atoms with Crippen LogP contribution in [0.3, 0.4) is 0 Å². The van der Waals surface area contributed by atoms with Crippen LogP contribution < -0.4 is 10.1 Å². The molecule has 6 nitrogen and oxygen atoms in total. The number of ether oxygens (including phenoxy) is 2. The number of benzene rings is 3. The lowest BCUT2D eigenvalue weighted by molar-refractivity contribution is -0.143. The lowest BCUT2D eigenvalue weighted by atomic mass is 10.0. The molecular formula is C28H29FN2O4. The third kappa shape index (κ3) is 6.90. The first kappa shape index (κ1) is 24.4. The fourth-order valence-electron chi connectivity index (χ4n) is 4.08. The molecule has 2 amide bonds. The number of hydrogen-bond donors (Lipinski definition) is 1. The van der Waals surface area contributed by atoms with Crippen LogP contribution in [0, 0.1) is 5.82 Å². The van der Waals surface area contributed by atoms with Crippen LogP contribution in [-0.2, 0) is 20.9 Å². The van der Waals surface area contributed by atoms with Crippen molar-refractivity contribution in [3.63, 3.8) is 0 Å². The standard InChI is InChI=1S/C28H29FN2O4/c29-23-15-13-21(14-16-23)19-31(26(32)20-35-24-10-5-2-6-11-24)27(22-8-3-1-4-9-22)28(33)30-18-25-12-7-17-34-25/h1-6,8-11,13-16,25,27H,7,12,17-20H2,(H,30,33)/t25-,27-/m0/s1. The Morgan fingerprint density at radius 1 is 1.00 bits per heavy atom. The molecule has 0 aliphatic carbocycles. The van der Waals surface area contributed by atoms with E-state index >= 15 is 0 Å². The lowest BCUT2D eigenvalue weighted by Crippen LogP contribution is -2.46. The van der Waals surface area contributed by atoms with E-state index in [-0.39, 0.29) is 36.9 Å². The summed E-state index contributed by atoms with van der Waals surface area (Å²) in [5, 5.41) is 2.97. The van der Waals surface area contributed by atoms with Crippen molar-refractivity contribution in [2.24, 2.45) is 0 Å². The summed E-state index contributed by atoms with van der Waals surface area (Å²) in [7, 11) is 0. The average Bonchev–Trinajstić information content (AvgIpc) is 3.42. The van der Waals surface area contributed by atoms with Crippen LogP contribution in [0.1, 0.15) is 30.0 Å². The SMILES string of the molecule is O=C(NC[C@@H]1CCCO1)[C@H](c1ccccc1)N(Cc1ccc(F)cc1)C(=O)COc1ccccc1. The summed E-state index contributed by atoms with van der Waals surface area (Å²) in [6.07, 6.45) is 1.83. The van der Waals surface area contributed by atoms with Gasteiger partial charge in [-0.1, -0.05) is 60.7 Å². The minimum atomic E-state index is -0.894. The van der Waals surface area contributed by atoms with Gasteiger partial charge < -0.3 is 19.7 Å². The summed E-state index contributed by atoms with van der Waals surface area (Å²) in [6, 6.07) is 23.2. The zero-order valence-electron chi connectivity index (χ0n) is 19.4. The zero-order chi connectivity index (χ0) is 24.5. The molecule has 7 heteroatoms. The molecule has 1 heterocycles. The molecule has 0 saturated carbocycles. The number of halogens is 1. The van der Waals surface area contributed by atoms with E-state index in [1.165, 1.54) is 17.0 Å². The zero-order valence-corrected chi connectivity index (χ0v) is 19.4. The van der Waals surface area contributed by atoms with Gasteiger partial charge in [-0.25, -0.2) is 4.39 Å². The number of para-hydroxylation sites is 1. The quantitative estimate of drug-likeness (QED) is 0.475. The summed E-state index contributed by atoms with van der Waals surface area (Å²) in [5.74, 6) is -0.476. The molecule has 1 N–H and O–H groups in total. The van der Waals surface area contributed by atoms with Crippen molar-refractivity contribution in [1.29, 1.82) is 0 Å². The van der Waals surface area contributed by atoms with Gasteiger partial charge in [0.2, 0.25) is 5.91 Å². The van der Waals surface area contributed by atoms with Crippen molar-refractivity contribution in [1.82, 2.24) is 10.2 Å². The molecule has 0 radical (unpaired) electrons. The summed E-state index contributed by atoms with van der Waals surface area (Å²) >= 11 is 0. The first-order valence-corrected chi connectivity index (χ1v) is 11.8. The Bertz CT molecular complexity index is 1090. The molecule has 35 heavy (non-hydrogen) atoms. The van der Waals surface area contributed by atoms with E-state index in [0.29, 0.717) is 30.0 Å². The molecule has 0 unspecified atom stereocenters. The van der Waals surface area contributed by atoms with Gasteiger partial charge in [0.05, 0.1) is 6.10 Å². The van der Waals surface area contributed by atoms with Crippen LogP contribution in [0.5, 0.6) is 5.75 Å². The lowest BCUT2D eigenvalue weighted by Gasteiger charge is -2.32. The Morgan fingerprint density at radius 2 is 1.69 bits per heavy atom. The third-order valence-electron chi connectivity index (χ3n) is 5.90. The maximum atomic E-state index is 13.5. The Hall–Kier alpha value is -3.71. The summed E-state index contributed by atoms with van der Waals surface area (Å²) in [4.78, 5) is 28.5. The molecule has 3 aromatic rings. The largest absolute Gasteiger partial charge is 0.484 e. The molecule has 3 aromatic carbocycles. The van der Waals surface area contributed by atoms with Crippen molar-refractivity contribution < 1.29 is 23.5 Å². The minimum Gasteiger partial charge on any atom is -0.484 e. The predicted octanol–water partition coefficient (Wildman–Crippen LogP) is 4.27. The van der Waals surface area contributed by atoms with Gasteiger partial charge >= 0.3 is 0 Å². The molecule has 1 aliphatic rings. The van der Waals surface area contributed by atoms with Gasteiger partial charge in [0.15, 0.2) is 6.61 Å². The first-order chi connectivity index (χ1) is 17.1. The Kier molecular flexibility index (Phi) is 8.46. The van der Waals surface area contributed by atoms with Crippen LogP contribution >= 0.6 is 0 Å². The van der Waals surface area contributed by atoms with Crippen LogP contribution in [0.4, 0.5) is 4.39 Å². The average molecular weight is 477 g/mol. The number of rotatable bonds is 10. The van der Waals surface area contributed by atoms with E-state index in [4.69, 9.17) is 9.47 Å². The number of amides is 2. The molecular weight excluding hydrogens is 447 g/mol. The molecule has 4 rings (SSSR count). The highest BCUT2D eigenvalue weighted by Crippen LogP contribution is 2.25. The molecule has 0 aromatic heterocycles. The van der Waals surface area contributed by atoms with E-state index in [2.05, 4.69) is 5.32 Å². The monoisotopic (exact) mass is 476 g/mol. The Morgan fingerprint density at radius 3 is 2.34 bits per heavy atom. The van der Waals surface area contributed by atoms with Crippen LogP contribution in [0.15, 0.2) is 84.9 Å². The number of nitrogens with one attached hydrogen (secondary N) is 1. The molecule has 1 fully saturated rings. The van der Waals surface area contributed by atoms with Gasteiger partial charge in [-0.05, 0) is 48.2 Å². The Balaban J connectivity index is 1.60. The van der Waals surface area contributed by atoms with Crippen LogP contribution in [0.25, 0.3) is 0 Å². The van der Waals surface area contributed by atoms with E-state index < -0.39 is 6.04 Å². The highest BCUT2D eigenvalue weighted by molar-refractivity contribution is 5.89. The van der Waals surface area contributed by atoms with E-state index in [9.17, 15) is 14.0 Å². The van der Waals surface area contributed by atoms with Gasteiger partial charge in [-0.15, -0.1) is 0 Å². The smallest absolute Gasteiger partial charge is 0.261 e. The number of hydrogen-bond acceptors (Lipinski definition) is 4. The predicted molar refractivity (Wildman–Crippen MR) is 130 cm³/mol. The Labute approximate surface area is 204 Å². The molecule has 0 bridgehead atoms. The molecule has 182 valence electrons. The first-order valence-electron chi connectivity index (χ1n) is 11.8. The summed E-state index contributed by atoms with van der Waals surface area (Å²) in [5.41, 5.74) is 1.37. The van der Waals surface area contributed by atoms with Crippen LogP contribution in [0.2, 0.25) is 0 Å². The van der Waals surface area contributed by atoms with Crippen molar-refractivity contribution >= 4 is 11.8 Å². The highest BCUT2D eigenvalue weighted by Gasteiger charge is 2.32. The maximum Gasteiger partial charge on any atom is 0.261 e. The second kappa shape index (κ2) is 12.1. The van der Waals surface area contributed by atoms with Crippen molar-refractivity contribution in [2.75, 3.05) is 19.8 Å². The topological polar surface area (TPSA) is 67.9 Å².